The lowest BCUT2D eigenvalue weighted by Crippen LogP contribution is -2.35. The molecule has 0 fully saturated rings. The van der Waals surface area contributed by atoms with E-state index in [2.05, 4.69) is 10.6 Å². The molecule has 0 aliphatic heterocycles. The quantitative estimate of drug-likeness (QED) is 0.835. The van der Waals surface area contributed by atoms with Crippen molar-refractivity contribution in [3.8, 4) is 0 Å². The van der Waals surface area contributed by atoms with Gasteiger partial charge in [-0.3, -0.25) is 0 Å². The molecule has 0 spiro atoms. The number of anilines is 1. The first-order valence-corrected chi connectivity index (χ1v) is 6.32. The molecule has 106 valence electrons. The van der Waals surface area contributed by atoms with E-state index in [1.165, 1.54) is 6.07 Å². The maximum atomic E-state index is 13.5. The minimum absolute atomic E-state index is 0.0603. The predicted molar refractivity (Wildman–Crippen MR) is 74.1 cm³/mol. The van der Waals surface area contributed by atoms with E-state index in [-0.39, 0.29) is 5.02 Å². The zero-order chi connectivity index (χ0) is 14.5. The average molecular weight is 289 g/mol. The number of hydrogen-bond acceptors (Lipinski definition) is 3. The van der Waals surface area contributed by atoms with Crippen molar-refractivity contribution in [1.29, 1.82) is 0 Å². The van der Waals surface area contributed by atoms with E-state index in [1.54, 1.807) is 32.9 Å². The van der Waals surface area contributed by atoms with Gasteiger partial charge in [-0.15, -0.1) is 0 Å². The van der Waals surface area contributed by atoms with Gasteiger partial charge in [-0.05, 0) is 32.9 Å². The number of amides is 1. The van der Waals surface area contributed by atoms with E-state index >= 15 is 0 Å². The number of rotatable bonds is 4. The molecule has 0 unspecified atom stereocenters. The molecule has 1 amide bonds. The number of ether oxygens (including phenoxy) is 1. The van der Waals surface area contributed by atoms with Crippen LogP contribution in [0.2, 0.25) is 5.02 Å². The van der Waals surface area contributed by atoms with Crippen LogP contribution in [-0.2, 0) is 4.74 Å². The Morgan fingerprint density at radius 1 is 1.37 bits per heavy atom. The lowest BCUT2D eigenvalue weighted by molar-refractivity contribution is 0.0530. The number of hydrogen-bond donors (Lipinski definition) is 2. The van der Waals surface area contributed by atoms with Crippen molar-refractivity contribution in [1.82, 2.24) is 5.32 Å². The van der Waals surface area contributed by atoms with Gasteiger partial charge in [-0.1, -0.05) is 17.7 Å². The van der Waals surface area contributed by atoms with Crippen LogP contribution in [0, 0.1) is 5.82 Å². The summed E-state index contributed by atoms with van der Waals surface area (Å²) in [4.78, 5) is 11.3. The van der Waals surface area contributed by atoms with Gasteiger partial charge in [-0.25, -0.2) is 9.18 Å². The summed E-state index contributed by atoms with van der Waals surface area (Å²) in [5, 5.41) is 5.47. The van der Waals surface area contributed by atoms with E-state index in [9.17, 15) is 9.18 Å². The molecule has 0 aliphatic rings. The summed E-state index contributed by atoms with van der Waals surface area (Å²) in [6, 6.07) is 4.70. The fourth-order valence-electron chi connectivity index (χ4n) is 1.32. The normalized spacial score (nSPS) is 11.0. The van der Waals surface area contributed by atoms with Gasteiger partial charge < -0.3 is 15.4 Å². The average Bonchev–Trinajstić information content (AvgIpc) is 2.27. The van der Waals surface area contributed by atoms with Crippen molar-refractivity contribution >= 4 is 23.4 Å². The monoisotopic (exact) mass is 288 g/mol. The molecule has 4 nitrogen and oxygen atoms in total. The fraction of sp³-hybridized carbons (Fsp3) is 0.462. The second-order valence-corrected chi connectivity index (χ2v) is 5.36. The van der Waals surface area contributed by atoms with Crippen molar-refractivity contribution in [3.63, 3.8) is 0 Å². The third kappa shape index (κ3) is 5.79. The van der Waals surface area contributed by atoms with Gasteiger partial charge in [0.15, 0.2) is 5.82 Å². The third-order valence-electron chi connectivity index (χ3n) is 2.06. The third-order valence-corrected chi connectivity index (χ3v) is 2.35. The molecular weight excluding hydrogens is 271 g/mol. The van der Waals surface area contributed by atoms with Crippen LogP contribution in [0.15, 0.2) is 18.2 Å². The zero-order valence-electron chi connectivity index (χ0n) is 11.2. The molecule has 0 aromatic heterocycles. The molecule has 6 heteroatoms. The summed E-state index contributed by atoms with van der Waals surface area (Å²) in [6.07, 6.45) is -0.499. The first-order valence-electron chi connectivity index (χ1n) is 5.94. The van der Waals surface area contributed by atoms with E-state index in [0.717, 1.165) is 0 Å². The maximum Gasteiger partial charge on any atom is 0.407 e. The number of nitrogens with one attached hydrogen (secondary N) is 2. The van der Waals surface area contributed by atoms with Gasteiger partial charge in [0.05, 0.1) is 10.7 Å². The smallest absolute Gasteiger partial charge is 0.407 e. The van der Waals surface area contributed by atoms with E-state index in [4.69, 9.17) is 16.3 Å². The molecule has 0 heterocycles. The molecule has 2 N–H and O–H groups in total. The maximum absolute atomic E-state index is 13.5. The van der Waals surface area contributed by atoms with E-state index in [0.29, 0.717) is 18.8 Å². The summed E-state index contributed by atoms with van der Waals surface area (Å²) < 4.78 is 18.6. The molecule has 0 bridgehead atoms. The lowest BCUT2D eigenvalue weighted by atomic mass is 10.2. The Morgan fingerprint density at radius 2 is 2.05 bits per heavy atom. The van der Waals surface area contributed by atoms with Gasteiger partial charge in [0.2, 0.25) is 0 Å². The Hall–Kier alpha value is -1.49. The highest BCUT2D eigenvalue weighted by atomic mass is 35.5. The topological polar surface area (TPSA) is 50.4 Å². The number of carbonyl (C=O) groups excluding carboxylic acids is 1. The predicted octanol–water partition coefficient (Wildman–Crippen LogP) is 3.42. The fourth-order valence-corrected chi connectivity index (χ4v) is 1.49. The summed E-state index contributed by atoms with van der Waals surface area (Å²) in [6.45, 7) is 6.04. The molecule has 1 rings (SSSR count). The highest BCUT2D eigenvalue weighted by Crippen LogP contribution is 2.21. The second kappa shape index (κ2) is 6.61. The minimum atomic E-state index is -0.531. The van der Waals surface area contributed by atoms with Gasteiger partial charge in [-0.2, -0.15) is 0 Å². The highest BCUT2D eigenvalue weighted by Gasteiger charge is 2.15. The second-order valence-electron chi connectivity index (χ2n) is 4.96. The molecule has 0 saturated heterocycles. The molecule has 0 radical (unpaired) electrons. The number of benzene rings is 1. The number of carbonyl (C=O) groups is 1. The van der Waals surface area contributed by atoms with E-state index in [1.807, 2.05) is 0 Å². The molecule has 0 atom stereocenters. The molecular formula is C13H18ClFN2O2. The first kappa shape index (κ1) is 15.6. The molecule has 1 aromatic rings. The summed E-state index contributed by atoms with van der Waals surface area (Å²) in [5.74, 6) is -0.499. The van der Waals surface area contributed by atoms with Crippen LogP contribution >= 0.6 is 11.6 Å². The van der Waals surface area contributed by atoms with Crippen molar-refractivity contribution in [3.05, 3.63) is 29.0 Å². The van der Waals surface area contributed by atoms with Crippen LogP contribution in [0.3, 0.4) is 0 Å². The Balaban J connectivity index is 2.32. The van der Waals surface area contributed by atoms with Crippen LogP contribution in [-0.4, -0.2) is 24.8 Å². The van der Waals surface area contributed by atoms with Gasteiger partial charge >= 0.3 is 6.09 Å². The van der Waals surface area contributed by atoms with Crippen molar-refractivity contribution < 1.29 is 13.9 Å². The standard InChI is InChI=1S/C13H18ClFN2O2/c1-13(2,3)19-12(18)17-8-7-16-10-6-4-5-9(14)11(10)15/h4-6,16H,7-8H2,1-3H3,(H,17,18). The van der Waals surface area contributed by atoms with Gasteiger partial charge in [0, 0.05) is 13.1 Å². The molecule has 1 aromatic carbocycles. The Bertz CT molecular complexity index is 447. The van der Waals surface area contributed by atoms with Crippen LogP contribution in [0.1, 0.15) is 20.8 Å². The highest BCUT2D eigenvalue weighted by molar-refractivity contribution is 6.31. The van der Waals surface area contributed by atoms with Crippen molar-refractivity contribution in [2.45, 2.75) is 26.4 Å². The molecule has 0 aliphatic carbocycles. The van der Waals surface area contributed by atoms with Gasteiger partial charge in [0.25, 0.3) is 0 Å². The summed E-state index contributed by atoms with van der Waals surface area (Å²) >= 11 is 5.64. The Labute approximate surface area is 117 Å². The Morgan fingerprint density at radius 3 is 2.68 bits per heavy atom. The van der Waals surface area contributed by atoms with Crippen molar-refractivity contribution in [2.75, 3.05) is 18.4 Å². The number of alkyl carbamates (subject to hydrolysis) is 1. The zero-order valence-corrected chi connectivity index (χ0v) is 12.0. The summed E-state index contributed by atoms with van der Waals surface area (Å²) in [7, 11) is 0. The van der Waals surface area contributed by atoms with Crippen molar-refractivity contribution in [2.24, 2.45) is 0 Å². The van der Waals surface area contributed by atoms with Crippen LogP contribution in [0.5, 0.6) is 0 Å². The van der Waals surface area contributed by atoms with Crippen LogP contribution in [0.25, 0.3) is 0 Å². The minimum Gasteiger partial charge on any atom is -0.444 e. The van der Waals surface area contributed by atoms with Crippen LogP contribution < -0.4 is 10.6 Å². The lowest BCUT2D eigenvalue weighted by Gasteiger charge is -2.19. The first-order chi connectivity index (χ1) is 8.79. The summed E-state index contributed by atoms with van der Waals surface area (Å²) in [5.41, 5.74) is -0.227. The number of halogens is 2. The van der Waals surface area contributed by atoms with Gasteiger partial charge in [0.1, 0.15) is 5.60 Å². The Kier molecular flexibility index (Phi) is 5.42. The van der Waals surface area contributed by atoms with E-state index < -0.39 is 17.5 Å². The SMILES string of the molecule is CC(C)(C)OC(=O)NCCNc1cccc(Cl)c1F. The largest absolute Gasteiger partial charge is 0.444 e. The van der Waals surface area contributed by atoms with Crippen LogP contribution in [0.4, 0.5) is 14.9 Å². The molecule has 0 saturated carbocycles. The molecule has 19 heavy (non-hydrogen) atoms.